The van der Waals surface area contributed by atoms with E-state index in [0.717, 1.165) is 12.8 Å². The van der Waals surface area contributed by atoms with Crippen molar-refractivity contribution in [3.8, 4) is 11.8 Å². The highest BCUT2D eigenvalue weighted by atomic mass is 35.5. The van der Waals surface area contributed by atoms with Crippen LogP contribution in [-0.2, 0) is 0 Å². The SMILES string of the molecule is CN(C(=O)c1ccc(C#CCN)c(Cl)c1)C1CC1. The molecule has 1 fully saturated rings. The molecule has 1 aromatic carbocycles. The van der Waals surface area contributed by atoms with E-state index in [9.17, 15) is 4.79 Å². The maximum absolute atomic E-state index is 12.1. The van der Waals surface area contributed by atoms with Crippen LogP contribution in [0.2, 0.25) is 5.02 Å². The van der Waals surface area contributed by atoms with E-state index in [-0.39, 0.29) is 5.91 Å². The average Bonchev–Trinajstić information content (AvgIpc) is 3.19. The molecule has 2 N–H and O–H groups in total. The first kappa shape index (κ1) is 12.9. The zero-order valence-electron chi connectivity index (χ0n) is 10.2. The molecule has 94 valence electrons. The van der Waals surface area contributed by atoms with Crippen LogP contribution in [0.5, 0.6) is 0 Å². The second kappa shape index (κ2) is 5.43. The molecule has 0 aromatic heterocycles. The summed E-state index contributed by atoms with van der Waals surface area (Å²) in [6.45, 7) is 0.293. The maximum atomic E-state index is 12.1. The van der Waals surface area contributed by atoms with Crippen molar-refractivity contribution in [3.63, 3.8) is 0 Å². The van der Waals surface area contributed by atoms with Crippen molar-refractivity contribution >= 4 is 17.5 Å². The topological polar surface area (TPSA) is 46.3 Å². The van der Waals surface area contributed by atoms with Crippen molar-refractivity contribution in [3.05, 3.63) is 34.3 Å². The number of nitrogens with two attached hydrogens (primary N) is 1. The highest BCUT2D eigenvalue weighted by Crippen LogP contribution is 2.27. The van der Waals surface area contributed by atoms with E-state index in [1.54, 1.807) is 23.1 Å². The van der Waals surface area contributed by atoms with Gasteiger partial charge in [-0.2, -0.15) is 0 Å². The number of carbonyl (C=O) groups excluding carboxylic acids is 1. The highest BCUT2D eigenvalue weighted by Gasteiger charge is 2.30. The predicted molar refractivity (Wildman–Crippen MR) is 72.5 cm³/mol. The molecule has 3 nitrogen and oxygen atoms in total. The Hall–Kier alpha value is -1.50. The summed E-state index contributed by atoms with van der Waals surface area (Å²) in [4.78, 5) is 13.9. The number of carbonyl (C=O) groups is 1. The van der Waals surface area contributed by atoms with E-state index in [2.05, 4.69) is 11.8 Å². The summed E-state index contributed by atoms with van der Waals surface area (Å²) in [5, 5.41) is 0.492. The number of benzene rings is 1. The molecule has 0 bridgehead atoms. The predicted octanol–water partition coefficient (Wildman–Crippen LogP) is 1.88. The summed E-state index contributed by atoms with van der Waals surface area (Å²) in [6, 6.07) is 5.59. The molecule has 0 heterocycles. The van der Waals surface area contributed by atoms with Gasteiger partial charge in [0, 0.05) is 24.2 Å². The third-order valence-electron chi connectivity index (χ3n) is 2.96. The first-order valence-corrected chi connectivity index (χ1v) is 6.27. The van der Waals surface area contributed by atoms with Crippen LogP contribution >= 0.6 is 11.6 Å². The summed E-state index contributed by atoms with van der Waals surface area (Å²) in [6.07, 6.45) is 2.19. The fourth-order valence-electron chi connectivity index (χ4n) is 1.73. The smallest absolute Gasteiger partial charge is 0.253 e. The van der Waals surface area contributed by atoms with Gasteiger partial charge in [0.1, 0.15) is 0 Å². The molecule has 1 saturated carbocycles. The molecule has 0 atom stereocenters. The fourth-order valence-corrected chi connectivity index (χ4v) is 1.95. The molecule has 0 spiro atoms. The van der Waals surface area contributed by atoms with Crippen LogP contribution in [0, 0.1) is 11.8 Å². The number of hydrogen-bond donors (Lipinski definition) is 1. The summed E-state index contributed by atoms with van der Waals surface area (Å²) in [5.74, 6) is 5.63. The largest absolute Gasteiger partial charge is 0.339 e. The molecule has 0 radical (unpaired) electrons. The number of rotatable bonds is 2. The maximum Gasteiger partial charge on any atom is 0.253 e. The fraction of sp³-hybridized carbons (Fsp3) is 0.357. The van der Waals surface area contributed by atoms with Crippen LogP contribution in [0.1, 0.15) is 28.8 Å². The van der Waals surface area contributed by atoms with Gasteiger partial charge in [0.15, 0.2) is 0 Å². The van der Waals surface area contributed by atoms with Crippen molar-refractivity contribution < 1.29 is 4.79 Å². The van der Waals surface area contributed by atoms with Gasteiger partial charge in [-0.3, -0.25) is 4.79 Å². The number of nitrogens with zero attached hydrogens (tertiary/aromatic N) is 1. The molecule has 2 rings (SSSR count). The summed E-state index contributed by atoms with van der Waals surface area (Å²) in [5.41, 5.74) is 6.61. The van der Waals surface area contributed by atoms with Gasteiger partial charge in [0.05, 0.1) is 11.6 Å². The van der Waals surface area contributed by atoms with E-state index in [0.29, 0.717) is 28.7 Å². The van der Waals surface area contributed by atoms with Crippen LogP contribution in [0.4, 0.5) is 0 Å². The Morgan fingerprint density at radius 3 is 2.83 bits per heavy atom. The Kier molecular flexibility index (Phi) is 3.90. The molecule has 1 aromatic rings. The quantitative estimate of drug-likeness (QED) is 0.828. The number of amides is 1. The summed E-state index contributed by atoms with van der Waals surface area (Å²) < 4.78 is 0. The molecular formula is C14H15ClN2O. The normalized spacial score (nSPS) is 13.7. The van der Waals surface area contributed by atoms with E-state index in [1.807, 2.05) is 7.05 Å². The second-order valence-electron chi connectivity index (χ2n) is 4.35. The first-order valence-electron chi connectivity index (χ1n) is 5.89. The highest BCUT2D eigenvalue weighted by molar-refractivity contribution is 6.32. The minimum atomic E-state index is 0.0118. The minimum absolute atomic E-state index is 0.0118. The van der Waals surface area contributed by atoms with Crippen LogP contribution in [0.25, 0.3) is 0 Å². The molecule has 18 heavy (non-hydrogen) atoms. The van der Waals surface area contributed by atoms with Crippen molar-refractivity contribution in [2.45, 2.75) is 18.9 Å². The van der Waals surface area contributed by atoms with Crippen LogP contribution in [-0.4, -0.2) is 30.4 Å². The molecular weight excluding hydrogens is 248 g/mol. The Balaban J connectivity index is 2.19. The Morgan fingerprint density at radius 1 is 1.56 bits per heavy atom. The van der Waals surface area contributed by atoms with E-state index in [1.165, 1.54) is 0 Å². The average molecular weight is 263 g/mol. The minimum Gasteiger partial charge on any atom is -0.339 e. The summed E-state index contributed by atoms with van der Waals surface area (Å²) in [7, 11) is 1.83. The third kappa shape index (κ3) is 2.84. The van der Waals surface area contributed by atoms with Crippen molar-refractivity contribution in [1.29, 1.82) is 0 Å². The first-order chi connectivity index (χ1) is 8.63. The molecule has 4 heteroatoms. The van der Waals surface area contributed by atoms with Crippen molar-refractivity contribution in [2.24, 2.45) is 5.73 Å². The third-order valence-corrected chi connectivity index (χ3v) is 3.27. The van der Waals surface area contributed by atoms with Gasteiger partial charge >= 0.3 is 0 Å². The van der Waals surface area contributed by atoms with Crippen molar-refractivity contribution in [1.82, 2.24) is 4.90 Å². The van der Waals surface area contributed by atoms with Gasteiger partial charge in [0.2, 0.25) is 0 Å². The van der Waals surface area contributed by atoms with Gasteiger partial charge in [-0.25, -0.2) is 0 Å². The lowest BCUT2D eigenvalue weighted by atomic mass is 10.1. The standard InChI is InChI=1S/C14H15ClN2O/c1-17(12-6-7-12)14(18)11-5-4-10(3-2-8-16)13(15)9-11/h4-5,9,12H,6-8,16H2,1H3. The number of halogens is 1. The molecule has 1 aliphatic rings. The zero-order chi connectivity index (χ0) is 13.1. The lowest BCUT2D eigenvalue weighted by molar-refractivity contribution is 0.0785. The van der Waals surface area contributed by atoms with E-state index >= 15 is 0 Å². The molecule has 1 amide bonds. The number of hydrogen-bond acceptors (Lipinski definition) is 2. The van der Waals surface area contributed by atoms with E-state index < -0.39 is 0 Å². The van der Waals surface area contributed by atoms with Gasteiger partial charge in [-0.1, -0.05) is 23.4 Å². The molecule has 1 aliphatic carbocycles. The van der Waals surface area contributed by atoms with Gasteiger partial charge in [-0.05, 0) is 31.0 Å². The Morgan fingerprint density at radius 2 is 2.28 bits per heavy atom. The van der Waals surface area contributed by atoms with Gasteiger partial charge < -0.3 is 10.6 Å². The van der Waals surface area contributed by atoms with Crippen LogP contribution < -0.4 is 5.73 Å². The molecule has 0 unspecified atom stereocenters. The van der Waals surface area contributed by atoms with Crippen molar-refractivity contribution in [2.75, 3.05) is 13.6 Å². The van der Waals surface area contributed by atoms with E-state index in [4.69, 9.17) is 17.3 Å². The van der Waals surface area contributed by atoms with Gasteiger partial charge in [-0.15, -0.1) is 0 Å². The lowest BCUT2D eigenvalue weighted by Crippen LogP contribution is -2.28. The zero-order valence-corrected chi connectivity index (χ0v) is 11.0. The monoisotopic (exact) mass is 262 g/mol. The van der Waals surface area contributed by atoms with Gasteiger partial charge in [0.25, 0.3) is 5.91 Å². The van der Waals surface area contributed by atoms with Crippen LogP contribution in [0.15, 0.2) is 18.2 Å². The lowest BCUT2D eigenvalue weighted by Gasteiger charge is -2.16. The Bertz CT molecular complexity index is 526. The second-order valence-corrected chi connectivity index (χ2v) is 4.75. The molecule has 0 saturated heterocycles. The summed E-state index contributed by atoms with van der Waals surface area (Å²) >= 11 is 6.10. The molecule has 0 aliphatic heterocycles. The Labute approximate surface area is 112 Å². The van der Waals surface area contributed by atoms with Crippen LogP contribution in [0.3, 0.4) is 0 Å².